The van der Waals surface area contributed by atoms with Gasteiger partial charge < -0.3 is 0 Å². The van der Waals surface area contributed by atoms with Crippen molar-refractivity contribution in [1.82, 2.24) is 0 Å². The molecule has 0 aromatic rings. The molecule has 1 nitrogen and oxygen atoms in total. The lowest BCUT2D eigenvalue weighted by molar-refractivity contribution is -0.114. The van der Waals surface area contributed by atoms with Crippen molar-refractivity contribution in [2.45, 2.75) is 19.3 Å². The van der Waals surface area contributed by atoms with E-state index in [9.17, 15) is 4.79 Å². The third-order valence-corrected chi connectivity index (χ3v) is 1.30. The largest absolute Gasteiger partial charge is 0.295 e. The Morgan fingerprint density at radius 3 is 2.67 bits per heavy atom. The Morgan fingerprint density at radius 2 is 2.22 bits per heavy atom. The molecular formula is C7H11ClO. The van der Waals surface area contributed by atoms with Gasteiger partial charge in [-0.3, -0.25) is 4.79 Å². The fraction of sp³-hybridized carbons (Fsp3) is 0.571. The molecule has 0 unspecified atom stereocenters. The molecule has 0 saturated carbocycles. The number of allylic oxidation sites excluding steroid dienone is 1. The summed E-state index contributed by atoms with van der Waals surface area (Å²) in [6, 6.07) is 0. The van der Waals surface area contributed by atoms with E-state index < -0.39 is 0 Å². The molecule has 0 aliphatic carbocycles. The molecule has 0 aliphatic heterocycles. The van der Waals surface area contributed by atoms with Crippen molar-refractivity contribution in [1.29, 1.82) is 0 Å². The Labute approximate surface area is 60.7 Å². The van der Waals surface area contributed by atoms with Crippen LogP contribution in [-0.4, -0.2) is 11.7 Å². The molecule has 0 N–H and O–H groups in total. The van der Waals surface area contributed by atoms with E-state index in [1.807, 2.05) is 0 Å². The summed E-state index contributed by atoms with van der Waals surface area (Å²) >= 11 is 5.39. The normalized spacial score (nSPS) is 9.00. The highest BCUT2D eigenvalue weighted by atomic mass is 35.5. The van der Waals surface area contributed by atoms with Gasteiger partial charge in [-0.2, -0.15) is 0 Å². The monoisotopic (exact) mass is 146 g/mol. The molecule has 0 saturated heterocycles. The summed E-state index contributed by atoms with van der Waals surface area (Å²) in [5.74, 6) is 0.754. The standard InChI is InChI=1S/C7H11ClO/c1-2-7(9)5-3-4-6-8/h2H,1,3-6H2. The maximum absolute atomic E-state index is 10.5. The third-order valence-electron chi connectivity index (χ3n) is 1.03. The SMILES string of the molecule is C=CC(=O)CCCCCl. The number of hydrogen-bond acceptors (Lipinski definition) is 1. The second-order valence-electron chi connectivity index (χ2n) is 1.82. The zero-order valence-corrected chi connectivity index (χ0v) is 6.16. The quantitative estimate of drug-likeness (QED) is 0.330. The summed E-state index contributed by atoms with van der Waals surface area (Å²) in [6.07, 6.45) is 3.75. The van der Waals surface area contributed by atoms with Gasteiger partial charge in [-0.15, -0.1) is 11.6 Å². The van der Waals surface area contributed by atoms with E-state index in [1.165, 1.54) is 6.08 Å². The Bertz CT molecular complexity index is 99.1. The van der Waals surface area contributed by atoms with Crippen LogP contribution in [0.1, 0.15) is 19.3 Å². The Hall–Kier alpha value is -0.300. The number of rotatable bonds is 5. The lowest BCUT2D eigenvalue weighted by Gasteiger charge is -1.90. The predicted molar refractivity (Wildman–Crippen MR) is 39.8 cm³/mol. The molecule has 2 heteroatoms. The fourth-order valence-electron chi connectivity index (χ4n) is 0.496. The minimum atomic E-state index is 0.111. The first-order valence-electron chi connectivity index (χ1n) is 3.02. The van der Waals surface area contributed by atoms with E-state index in [0.717, 1.165) is 12.8 Å². The van der Waals surface area contributed by atoms with Crippen LogP contribution in [-0.2, 0) is 4.79 Å². The molecule has 52 valence electrons. The second-order valence-corrected chi connectivity index (χ2v) is 2.19. The maximum Gasteiger partial charge on any atom is 0.155 e. The Kier molecular flexibility index (Phi) is 5.64. The van der Waals surface area contributed by atoms with Crippen molar-refractivity contribution in [2.75, 3.05) is 5.88 Å². The summed E-state index contributed by atoms with van der Waals surface area (Å²) < 4.78 is 0. The highest BCUT2D eigenvalue weighted by molar-refractivity contribution is 6.17. The zero-order valence-electron chi connectivity index (χ0n) is 5.40. The minimum absolute atomic E-state index is 0.111. The second kappa shape index (κ2) is 5.83. The molecule has 0 spiro atoms. The van der Waals surface area contributed by atoms with Gasteiger partial charge in [-0.25, -0.2) is 0 Å². The number of unbranched alkanes of at least 4 members (excludes halogenated alkanes) is 1. The van der Waals surface area contributed by atoms with E-state index in [2.05, 4.69) is 6.58 Å². The molecule has 9 heavy (non-hydrogen) atoms. The van der Waals surface area contributed by atoms with E-state index in [4.69, 9.17) is 11.6 Å². The smallest absolute Gasteiger partial charge is 0.155 e. The average molecular weight is 147 g/mol. The third kappa shape index (κ3) is 5.57. The van der Waals surface area contributed by atoms with Crippen LogP contribution in [0.3, 0.4) is 0 Å². The highest BCUT2D eigenvalue weighted by Gasteiger charge is 1.92. The zero-order chi connectivity index (χ0) is 7.11. The van der Waals surface area contributed by atoms with Crippen LogP contribution in [0.5, 0.6) is 0 Å². The van der Waals surface area contributed by atoms with Crippen LogP contribution >= 0.6 is 11.6 Å². The molecule has 0 heterocycles. The molecule has 0 aromatic carbocycles. The average Bonchev–Trinajstić information content (AvgIpc) is 1.89. The first-order valence-corrected chi connectivity index (χ1v) is 3.56. The molecule has 0 rings (SSSR count). The molecule has 0 aliphatic rings. The molecule has 0 bridgehead atoms. The Balaban J connectivity index is 3.07. The number of ketones is 1. The van der Waals surface area contributed by atoms with Crippen LogP contribution in [0.15, 0.2) is 12.7 Å². The van der Waals surface area contributed by atoms with Gasteiger partial charge in [0.2, 0.25) is 0 Å². The van der Waals surface area contributed by atoms with Crippen molar-refractivity contribution >= 4 is 17.4 Å². The first kappa shape index (κ1) is 8.70. The van der Waals surface area contributed by atoms with Crippen molar-refractivity contribution in [3.05, 3.63) is 12.7 Å². The lowest BCUT2D eigenvalue weighted by Crippen LogP contribution is -1.90. The molecule has 0 amide bonds. The number of alkyl halides is 1. The van der Waals surface area contributed by atoms with E-state index in [-0.39, 0.29) is 5.78 Å². The number of halogens is 1. The van der Waals surface area contributed by atoms with Gasteiger partial charge in [-0.05, 0) is 18.9 Å². The van der Waals surface area contributed by atoms with Crippen LogP contribution < -0.4 is 0 Å². The van der Waals surface area contributed by atoms with Gasteiger partial charge >= 0.3 is 0 Å². The van der Waals surface area contributed by atoms with Crippen LogP contribution in [0.2, 0.25) is 0 Å². The van der Waals surface area contributed by atoms with Gasteiger partial charge in [0, 0.05) is 12.3 Å². The van der Waals surface area contributed by atoms with Crippen molar-refractivity contribution in [3.8, 4) is 0 Å². The molecule has 0 atom stereocenters. The van der Waals surface area contributed by atoms with Gasteiger partial charge in [-0.1, -0.05) is 6.58 Å². The number of hydrogen-bond donors (Lipinski definition) is 0. The number of carbonyl (C=O) groups excluding carboxylic acids is 1. The highest BCUT2D eigenvalue weighted by Crippen LogP contribution is 1.97. The predicted octanol–water partition coefficient (Wildman–Crippen LogP) is 2.15. The Morgan fingerprint density at radius 1 is 1.56 bits per heavy atom. The molecule has 0 radical (unpaired) electrons. The van der Waals surface area contributed by atoms with Crippen LogP contribution in [0.25, 0.3) is 0 Å². The molecule has 0 aromatic heterocycles. The van der Waals surface area contributed by atoms with Gasteiger partial charge in [0.1, 0.15) is 0 Å². The summed E-state index contributed by atoms with van der Waals surface area (Å²) in [6.45, 7) is 3.36. The molecule has 0 fully saturated rings. The summed E-state index contributed by atoms with van der Waals surface area (Å²) in [4.78, 5) is 10.5. The summed E-state index contributed by atoms with van der Waals surface area (Å²) in [5, 5.41) is 0. The van der Waals surface area contributed by atoms with Crippen LogP contribution in [0, 0.1) is 0 Å². The maximum atomic E-state index is 10.5. The number of carbonyl (C=O) groups is 1. The fourth-order valence-corrected chi connectivity index (χ4v) is 0.685. The van der Waals surface area contributed by atoms with Gasteiger partial charge in [0.05, 0.1) is 0 Å². The van der Waals surface area contributed by atoms with Crippen molar-refractivity contribution in [3.63, 3.8) is 0 Å². The van der Waals surface area contributed by atoms with Gasteiger partial charge in [0.25, 0.3) is 0 Å². The van der Waals surface area contributed by atoms with Crippen molar-refractivity contribution in [2.24, 2.45) is 0 Å². The van der Waals surface area contributed by atoms with E-state index in [0.29, 0.717) is 12.3 Å². The molecular weight excluding hydrogens is 136 g/mol. The summed E-state index contributed by atoms with van der Waals surface area (Å²) in [7, 11) is 0. The lowest BCUT2D eigenvalue weighted by atomic mass is 10.2. The topological polar surface area (TPSA) is 17.1 Å². The van der Waals surface area contributed by atoms with E-state index >= 15 is 0 Å². The van der Waals surface area contributed by atoms with Crippen LogP contribution in [0.4, 0.5) is 0 Å². The first-order chi connectivity index (χ1) is 4.31. The van der Waals surface area contributed by atoms with Gasteiger partial charge in [0.15, 0.2) is 5.78 Å². The summed E-state index contributed by atoms with van der Waals surface area (Å²) in [5.41, 5.74) is 0. The van der Waals surface area contributed by atoms with Crippen molar-refractivity contribution < 1.29 is 4.79 Å². The van der Waals surface area contributed by atoms with E-state index in [1.54, 1.807) is 0 Å². The minimum Gasteiger partial charge on any atom is -0.295 e.